The van der Waals surface area contributed by atoms with E-state index in [1.807, 2.05) is 24.3 Å². The van der Waals surface area contributed by atoms with E-state index in [1.165, 1.54) is 14.0 Å². The fraction of sp³-hybridized carbons (Fsp3) is 0.280. The first kappa shape index (κ1) is 24.3. The predicted octanol–water partition coefficient (Wildman–Crippen LogP) is 4.55. The van der Waals surface area contributed by atoms with Crippen molar-refractivity contribution in [3.8, 4) is 5.88 Å². The van der Waals surface area contributed by atoms with E-state index in [4.69, 9.17) is 10.5 Å². The van der Waals surface area contributed by atoms with Gasteiger partial charge in [-0.15, -0.1) is 0 Å². The number of rotatable bonds is 4. The number of carbonyl (C=O) groups is 2. The third-order valence-corrected chi connectivity index (χ3v) is 6.66. The van der Waals surface area contributed by atoms with Gasteiger partial charge in [-0.05, 0) is 24.8 Å². The maximum atomic E-state index is 15.2. The van der Waals surface area contributed by atoms with Gasteiger partial charge in [-0.25, -0.2) is 27.9 Å². The van der Waals surface area contributed by atoms with E-state index < -0.39 is 34.9 Å². The number of urea groups is 1. The number of halogens is 3. The zero-order chi connectivity index (χ0) is 26.4. The van der Waals surface area contributed by atoms with Gasteiger partial charge in [0.15, 0.2) is 23.3 Å². The molecule has 37 heavy (non-hydrogen) atoms. The lowest BCUT2D eigenvalue weighted by Crippen LogP contribution is -2.33. The van der Waals surface area contributed by atoms with Crippen LogP contribution in [0.25, 0.3) is 21.9 Å². The molecular weight excluding hydrogens is 489 g/mol. The fourth-order valence-corrected chi connectivity index (χ4v) is 4.98. The number of hydrogen-bond acceptors (Lipinski definition) is 6. The van der Waals surface area contributed by atoms with Crippen LogP contribution in [0.1, 0.15) is 36.0 Å². The smallest absolute Gasteiger partial charge is 0.317 e. The van der Waals surface area contributed by atoms with Crippen LogP contribution in [-0.4, -0.2) is 46.7 Å². The maximum absolute atomic E-state index is 15.2. The van der Waals surface area contributed by atoms with Crippen molar-refractivity contribution >= 4 is 45.4 Å². The summed E-state index contributed by atoms with van der Waals surface area (Å²) in [7, 11) is 1.21. The Bertz CT molecular complexity index is 1560. The molecule has 12 heteroatoms. The Labute approximate surface area is 209 Å². The van der Waals surface area contributed by atoms with Crippen molar-refractivity contribution in [1.29, 1.82) is 0 Å². The minimum atomic E-state index is -1.65. The molecule has 0 aliphatic carbocycles. The number of ether oxygens (including phenoxy) is 1. The van der Waals surface area contributed by atoms with Crippen LogP contribution in [0, 0.1) is 17.5 Å². The zero-order valence-electron chi connectivity index (χ0n) is 20.0. The SMILES string of the molecule is COc1nc2c(F)c(F)c(F)c(C3CCN(c4cn(C(C)=O)c5ccccc45)CC3)c2nc1NC(N)=O. The zero-order valence-corrected chi connectivity index (χ0v) is 20.0. The highest BCUT2D eigenvalue weighted by Crippen LogP contribution is 2.40. The third-order valence-electron chi connectivity index (χ3n) is 6.66. The molecule has 4 aromatic rings. The summed E-state index contributed by atoms with van der Waals surface area (Å²) < 4.78 is 51.1. The minimum absolute atomic E-state index is 0.123. The standard InChI is InChI=1S/C25H23F3N6O3/c1-12(35)34-11-16(14-5-3-4-6-15(14)34)33-9-7-13(8-10-33)17-18(26)19(27)20(28)22-21(17)30-23(32-25(29)36)24(31-22)37-2/h3-6,11,13H,7-10H2,1-2H3,(H3,29,30,32,36). The average Bonchev–Trinajstić information content (AvgIpc) is 3.27. The molecule has 3 N–H and O–H groups in total. The number of methoxy groups -OCH3 is 1. The number of amides is 2. The first-order chi connectivity index (χ1) is 17.7. The second kappa shape index (κ2) is 9.26. The number of nitrogens with two attached hydrogens (primary N) is 1. The van der Waals surface area contributed by atoms with Crippen molar-refractivity contribution in [3.05, 3.63) is 53.5 Å². The molecule has 1 saturated heterocycles. The molecule has 192 valence electrons. The molecule has 2 amide bonds. The van der Waals surface area contributed by atoms with Gasteiger partial charge in [0.1, 0.15) is 11.0 Å². The highest BCUT2D eigenvalue weighted by Gasteiger charge is 2.32. The van der Waals surface area contributed by atoms with Crippen LogP contribution in [0.5, 0.6) is 5.88 Å². The molecule has 1 fully saturated rings. The molecule has 0 bridgehead atoms. The average molecular weight is 512 g/mol. The van der Waals surface area contributed by atoms with Crippen LogP contribution in [0.15, 0.2) is 30.5 Å². The molecule has 0 spiro atoms. The summed E-state index contributed by atoms with van der Waals surface area (Å²) in [5.41, 5.74) is 5.97. The minimum Gasteiger partial charge on any atom is -0.478 e. The quantitative estimate of drug-likeness (QED) is 0.388. The van der Waals surface area contributed by atoms with Crippen molar-refractivity contribution < 1.29 is 27.5 Å². The summed E-state index contributed by atoms with van der Waals surface area (Å²) in [5, 5.41) is 3.12. The number of hydrogen-bond donors (Lipinski definition) is 2. The Morgan fingerprint density at radius 2 is 1.76 bits per heavy atom. The lowest BCUT2D eigenvalue weighted by Gasteiger charge is -2.34. The van der Waals surface area contributed by atoms with Crippen LogP contribution >= 0.6 is 0 Å². The Balaban J connectivity index is 1.53. The summed E-state index contributed by atoms with van der Waals surface area (Å²) in [4.78, 5) is 33.7. The molecule has 2 aromatic carbocycles. The molecule has 0 radical (unpaired) electrons. The van der Waals surface area contributed by atoms with E-state index in [2.05, 4.69) is 20.2 Å². The van der Waals surface area contributed by atoms with E-state index >= 15 is 4.39 Å². The Morgan fingerprint density at radius 3 is 2.41 bits per heavy atom. The molecule has 0 atom stereocenters. The van der Waals surface area contributed by atoms with Gasteiger partial charge in [-0.3, -0.25) is 14.7 Å². The van der Waals surface area contributed by atoms with Crippen LogP contribution < -0.4 is 20.7 Å². The van der Waals surface area contributed by atoms with Gasteiger partial charge >= 0.3 is 6.03 Å². The third kappa shape index (κ3) is 4.07. The molecule has 1 aliphatic rings. The van der Waals surface area contributed by atoms with Crippen molar-refractivity contribution in [2.45, 2.75) is 25.7 Å². The summed E-state index contributed by atoms with van der Waals surface area (Å²) in [6.45, 7) is 2.41. The lowest BCUT2D eigenvalue weighted by molar-refractivity contribution is 0.0941. The molecule has 0 unspecified atom stereocenters. The van der Waals surface area contributed by atoms with Gasteiger partial charge in [0.25, 0.3) is 5.88 Å². The molecule has 3 heterocycles. The second-order valence-corrected chi connectivity index (χ2v) is 8.81. The number of anilines is 2. The van der Waals surface area contributed by atoms with Crippen LogP contribution in [0.4, 0.5) is 29.5 Å². The number of primary amides is 1. The number of aromatic nitrogens is 3. The van der Waals surface area contributed by atoms with Crippen molar-refractivity contribution in [2.75, 3.05) is 30.4 Å². The van der Waals surface area contributed by atoms with Crippen molar-refractivity contribution in [3.63, 3.8) is 0 Å². The molecule has 1 aliphatic heterocycles. The normalized spacial score (nSPS) is 14.4. The summed E-state index contributed by atoms with van der Waals surface area (Å²) in [5.74, 6) is -5.66. The first-order valence-corrected chi connectivity index (χ1v) is 11.6. The second-order valence-electron chi connectivity index (χ2n) is 8.81. The summed E-state index contributed by atoms with van der Waals surface area (Å²) in [6.07, 6.45) is 2.56. The summed E-state index contributed by atoms with van der Waals surface area (Å²) >= 11 is 0. The van der Waals surface area contributed by atoms with Gasteiger partial charge in [0.2, 0.25) is 5.91 Å². The highest BCUT2D eigenvalue weighted by atomic mass is 19.2. The molecule has 0 saturated carbocycles. The number of fused-ring (bicyclic) bond motifs is 2. The van der Waals surface area contributed by atoms with Crippen LogP contribution in [-0.2, 0) is 0 Å². The van der Waals surface area contributed by atoms with Crippen molar-refractivity contribution in [1.82, 2.24) is 14.5 Å². The van der Waals surface area contributed by atoms with Crippen LogP contribution in [0.3, 0.4) is 0 Å². The monoisotopic (exact) mass is 512 g/mol. The van der Waals surface area contributed by atoms with Crippen LogP contribution in [0.2, 0.25) is 0 Å². The van der Waals surface area contributed by atoms with Gasteiger partial charge in [0.05, 0.1) is 18.3 Å². The van der Waals surface area contributed by atoms with E-state index in [-0.39, 0.29) is 28.7 Å². The number of piperidine rings is 1. The number of carbonyl (C=O) groups excluding carboxylic acids is 2. The van der Waals surface area contributed by atoms with Crippen molar-refractivity contribution in [2.24, 2.45) is 5.73 Å². The topological polar surface area (TPSA) is 115 Å². The lowest BCUT2D eigenvalue weighted by atomic mass is 9.87. The highest BCUT2D eigenvalue weighted by molar-refractivity contribution is 6.00. The molecule has 9 nitrogen and oxygen atoms in total. The van der Waals surface area contributed by atoms with Gasteiger partial charge in [-0.2, -0.15) is 0 Å². The fourth-order valence-electron chi connectivity index (χ4n) is 4.98. The first-order valence-electron chi connectivity index (χ1n) is 11.6. The van der Waals surface area contributed by atoms with Gasteiger partial charge in [-0.1, -0.05) is 18.2 Å². The van der Waals surface area contributed by atoms with Gasteiger partial charge in [0, 0.05) is 37.2 Å². The van der Waals surface area contributed by atoms with E-state index in [0.29, 0.717) is 25.9 Å². The summed E-state index contributed by atoms with van der Waals surface area (Å²) in [6, 6.07) is 6.55. The molecular formula is C25H23F3N6O3. The van der Waals surface area contributed by atoms with E-state index in [9.17, 15) is 18.4 Å². The molecule has 2 aromatic heterocycles. The number of nitrogens with zero attached hydrogens (tertiary/aromatic N) is 4. The Kier molecular flexibility index (Phi) is 6.10. The maximum Gasteiger partial charge on any atom is 0.317 e. The molecule has 5 rings (SSSR count). The van der Waals surface area contributed by atoms with E-state index in [0.717, 1.165) is 16.6 Å². The van der Waals surface area contributed by atoms with Gasteiger partial charge < -0.3 is 15.4 Å². The number of benzene rings is 2. The van der Waals surface area contributed by atoms with E-state index in [1.54, 1.807) is 10.8 Å². The predicted molar refractivity (Wildman–Crippen MR) is 132 cm³/mol. The number of nitrogens with one attached hydrogen (secondary N) is 1. The number of para-hydroxylation sites is 1. The Hall–Kier alpha value is -4.35. The largest absolute Gasteiger partial charge is 0.478 e. The Morgan fingerprint density at radius 1 is 1.05 bits per heavy atom.